The van der Waals surface area contributed by atoms with Crippen LogP contribution in [-0.2, 0) is 10.0 Å². The fraction of sp³-hybridized carbons (Fsp3) is 0.250. The quantitative estimate of drug-likeness (QED) is 0.741. The SMILES string of the molecule is CCN(c1ccc(Cl)c(Cl)c1)S(=O)(=O)c1ccc(OC)c(OC)c1. The summed E-state index contributed by atoms with van der Waals surface area (Å²) in [6.45, 7) is 1.97. The van der Waals surface area contributed by atoms with Gasteiger partial charge in [0, 0.05) is 12.6 Å². The van der Waals surface area contributed by atoms with Gasteiger partial charge in [0.1, 0.15) is 0 Å². The summed E-state index contributed by atoms with van der Waals surface area (Å²) in [5.74, 6) is 0.790. The predicted molar refractivity (Wildman–Crippen MR) is 96.2 cm³/mol. The molecule has 0 atom stereocenters. The molecule has 0 aliphatic rings. The standard InChI is InChI=1S/C16H17Cl2NO4S/c1-4-19(11-5-7-13(17)14(18)9-11)24(20,21)12-6-8-15(22-2)16(10-12)23-3/h5-10H,4H2,1-3H3. The van der Waals surface area contributed by atoms with Gasteiger partial charge in [-0.1, -0.05) is 23.2 Å². The minimum atomic E-state index is -3.80. The van der Waals surface area contributed by atoms with Gasteiger partial charge in [-0.25, -0.2) is 8.42 Å². The van der Waals surface area contributed by atoms with Crippen LogP contribution in [0, 0.1) is 0 Å². The Kier molecular flexibility index (Phi) is 5.85. The van der Waals surface area contributed by atoms with Crippen molar-refractivity contribution in [1.29, 1.82) is 0 Å². The molecule has 0 saturated heterocycles. The van der Waals surface area contributed by atoms with E-state index in [-0.39, 0.29) is 16.5 Å². The van der Waals surface area contributed by atoms with Gasteiger partial charge in [-0.3, -0.25) is 4.31 Å². The third-order valence-electron chi connectivity index (χ3n) is 3.42. The van der Waals surface area contributed by atoms with Crippen molar-refractivity contribution in [2.75, 3.05) is 25.1 Å². The summed E-state index contributed by atoms with van der Waals surface area (Å²) in [6, 6.07) is 9.13. The zero-order chi connectivity index (χ0) is 17.9. The van der Waals surface area contributed by atoms with E-state index in [4.69, 9.17) is 32.7 Å². The van der Waals surface area contributed by atoms with Gasteiger partial charge in [-0.05, 0) is 37.3 Å². The van der Waals surface area contributed by atoms with Crippen molar-refractivity contribution in [2.45, 2.75) is 11.8 Å². The van der Waals surface area contributed by atoms with Gasteiger partial charge < -0.3 is 9.47 Å². The van der Waals surface area contributed by atoms with Gasteiger partial charge in [-0.2, -0.15) is 0 Å². The van der Waals surface area contributed by atoms with Crippen LogP contribution in [0.3, 0.4) is 0 Å². The Morgan fingerprint density at radius 2 is 1.62 bits per heavy atom. The molecule has 5 nitrogen and oxygen atoms in total. The van der Waals surface area contributed by atoms with E-state index in [1.54, 1.807) is 25.1 Å². The van der Waals surface area contributed by atoms with Crippen LogP contribution in [0.25, 0.3) is 0 Å². The minimum absolute atomic E-state index is 0.0908. The molecule has 0 aliphatic carbocycles. The molecular formula is C16H17Cl2NO4S. The highest BCUT2D eigenvalue weighted by atomic mass is 35.5. The summed E-state index contributed by atoms with van der Waals surface area (Å²) in [4.78, 5) is 0.0908. The third-order valence-corrected chi connectivity index (χ3v) is 6.06. The molecule has 8 heteroatoms. The molecule has 0 radical (unpaired) electrons. The largest absolute Gasteiger partial charge is 0.493 e. The van der Waals surface area contributed by atoms with Crippen LogP contribution in [0.4, 0.5) is 5.69 Å². The van der Waals surface area contributed by atoms with E-state index >= 15 is 0 Å². The van der Waals surface area contributed by atoms with E-state index in [1.807, 2.05) is 0 Å². The summed E-state index contributed by atoms with van der Waals surface area (Å²) >= 11 is 11.9. The first-order valence-electron chi connectivity index (χ1n) is 7.05. The molecule has 2 aromatic carbocycles. The van der Waals surface area contributed by atoms with Crippen LogP contribution < -0.4 is 13.8 Å². The fourth-order valence-corrected chi connectivity index (χ4v) is 4.01. The number of hydrogen-bond acceptors (Lipinski definition) is 4. The maximum atomic E-state index is 13.0. The molecule has 0 spiro atoms. The number of hydrogen-bond donors (Lipinski definition) is 0. The van der Waals surface area contributed by atoms with Crippen LogP contribution in [0.5, 0.6) is 11.5 Å². The molecule has 0 aromatic heterocycles. The maximum Gasteiger partial charge on any atom is 0.264 e. The van der Waals surface area contributed by atoms with Gasteiger partial charge in [-0.15, -0.1) is 0 Å². The molecule has 0 bridgehead atoms. The van der Waals surface area contributed by atoms with Crippen molar-refractivity contribution < 1.29 is 17.9 Å². The normalized spacial score (nSPS) is 11.2. The average molecular weight is 390 g/mol. The van der Waals surface area contributed by atoms with Gasteiger partial charge in [0.2, 0.25) is 0 Å². The smallest absolute Gasteiger partial charge is 0.264 e. The van der Waals surface area contributed by atoms with E-state index in [0.717, 1.165) is 0 Å². The summed E-state index contributed by atoms with van der Waals surface area (Å²) in [5.41, 5.74) is 0.432. The third kappa shape index (κ3) is 3.55. The van der Waals surface area contributed by atoms with E-state index in [2.05, 4.69) is 0 Å². The summed E-state index contributed by atoms with van der Waals surface area (Å²) in [6.07, 6.45) is 0. The van der Waals surface area contributed by atoms with Crippen molar-refractivity contribution in [3.05, 3.63) is 46.4 Å². The highest BCUT2D eigenvalue weighted by Gasteiger charge is 2.25. The molecule has 0 heterocycles. The zero-order valence-electron chi connectivity index (χ0n) is 13.4. The van der Waals surface area contributed by atoms with E-state index in [1.165, 1.54) is 36.7 Å². The first-order chi connectivity index (χ1) is 11.3. The number of sulfonamides is 1. The number of rotatable bonds is 6. The molecule has 0 amide bonds. The Hall–Kier alpha value is -1.63. The first-order valence-corrected chi connectivity index (χ1v) is 9.24. The summed E-state index contributed by atoms with van der Waals surface area (Å²) < 4.78 is 37.5. The molecular weight excluding hydrogens is 373 g/mol. The first kappa shape index (κ1) is 18.7. The van der Waals surface area contributed by atoms with Crippen LogP contribution in [0.1, 0.15) is 6.92 Å². The number of methoxy groups -OCH3 is 2. The topological polar surface area (TPSA) is 55.8 Å². The Morgan fingerprint density at radius 3 is 2.17 bits per heavy atom. The van der Waals surface area contributed by atoms with E-state index in [0.29, 0.717) is 22.2 Å². The number of halogens is 2. The lowest BCUT2D eigenvalue weighted by Gasteiger charge is -2.23. The Labute approximate surface area is 151 Å². The van der Waals surface area contributed by atoms with Gasteiger partial charge >= 0.3 is 0 Å². The average Bonchev–Trinajstić information content (AvgIpc) is 2.57. The highest BCUT2D eigenvalue weighted by Crippen LogP contribution is 2.33. The summed E-state index contributed by atoms with van der Waals surface area (Å²) in [5, 5.41) is 0.648. The van der Waals surface area contributed by atoms with Crippen molar-refractivity contribution in [2.24, 2.45) is 0 Å². The zero-order valence-corrected chi connectivity index (χ0v) is 15.7. The van der Waals surface area contributed by atoms with Crippen molar-refractivity contribution in [3.8, 4) is 11.5 Å². The number of ether oxygens (including phenoxy) is 2. The van der Waals surface area contributed by atoms with Crippen LogP contribution in [0.15, 0.2) is 41.3 Å². The highest BCUT2D eigenvalue weighted by molar-refractivity contribution is 7.92. The lowest BCUT2D eigenvalue weighted by Crippen LogP contribution is -2.30. The fourth-order valence-electron chi connectivity index (χ4n) is 2.24. The molecule has 2 aromatic rings. The number of benzene rings is 2. The Balaban J connectivity index is 2.52. The van der Waals surface area contributed by atoms with E-state index < -0.39 is 10.0 Å². The van der Waals surface area contributed by atoms with Crippen LogP contribution in [0.2, 0.25) is 10.0 Å². The predicted octanol–water partition coefficient (Wildman–Crippen LogP) is 4.23. The lowest BCUT2D eigenvalue weighted by molar-refractivity contribution is 0.354. The lowest BCUT2D eigenvalue weighted by atomic mass is 10.3. The molecule has 0 N–H and O–H groups in total. The monoisotopic (exact) mass is 389 g/mol. The molecule has 0 fully saturated rings. The minimum Gasteiger partial charge on any atom is -0.493 e. The molecule has 0 aliphatic heterocycles. The second-order valence-corrected chi connectivity index (χ2v) is 7.46. The molecule has 0 saturated carbocycles. The number of anilines is 1. The molecule has 24 heavy (non-hydrogen) atoms. The summed E-state index contributed by atoms with van der Waals surface area (Å²) in [7, 11) is -0.860. The maximum absolute atomic E-state index is 13.0. The van der Waals surface area contributed by atoms with Gasteiger partial charge in [0.25, 0.3) is 10.0 Å². The van der Waals surface area contributed by atoms with Crippen molar-refractivity contribution in [3.63, 3.8) is 0 Å². The second-order valence-electron chi connectivity index (χ2n) is 4.78. The van der Waals surface area contributed by atoms with Crippen molar-refractivity contribution in [1.82, 2.24) is 0 Å². The molecule has 2 rings (SSSR count). The van der Waals surface area contributed by atoms with Gasteiger partial charge in [0.15, 0.2) is 11.5 Å². The second kappa shape index (κ2) is 7.51. The molecule has 130 valence electrons. The van der Waals surface area contributed by atoms with Gasteiger partial charge in [0.05, 0.1) is 34.8 Å². The Bertz CT molecular complexity index is 840. The Morgan fingerprint density at radius 1 is 0.958 bits per heavy atom. The van der Waals surface area contributed by atoms with Crippen LogP contribution >= 0.6 is 23.2 Å². The van der Waals surface area contributed by atoms with Crippen molar-refractivity contribution >= 4 is 38.9 Å². The number of nitrogens with zero attached hydrogens (tertiary/aromatic N) is 1. The van der Waals surface area contributed by atoms with Crippen LogP contribution in [-0.4, -0.2) is 29.2 Å². The molecule has 0 unspecified atom stereocenters. The van der Waals surface area contributed by atoms with E-state index in [9.17, 15) is 8.42 Å².